The molecule has 6 rings (SSSR count). The number of amides is 4. The molecule has 58 heavy (non-hydrogen) atoms. The molecule has 4 atom stereocenters. The van der Waals surface area contributed by atoms with Crippen LogP contribution in [0.25, 0.3) is 44.4 Å². The number of imidazole rings is 2. The fourth-order valence-corrected chi connectivity index (χ4v) is 7.75. The molecule has 2 aromatic heterocycles. The second-order valence-corrected chi connectivity index (χ2v) is 15.4. The number of ether oxygens (including phenoxy) is 2. The van der Waals surface area contributed by atoms with E-state index in [0.717, 1.165) is 63.1 Å². The summed E-state index contributed by atoms with van der Waals surface area (Å²) in [6.07, 6.45) is 4.59. The van der Waals surface area contributed by atoms with Crippen molar-refractivity contribution in [2.45, 2.75) is 91.0 Å². The van der Waals surface area contributed by atoms with Crippen molar-refractivity contribution < 1.29 is 28.7 Å². The Kier molecular flexibility index (Phi) is 12.8. The summed E-state index contributed by atoms with van der Waals surface area (Å²) in [7, 11) is 2.56. The summed E-state index contributed by atoms with van der Waals surface area (Å²) in [5, 5.41) is 7.45. The second kappa shape index (κ2) is 18.0. The summed E-state index contributed by atoms with van der Waals surface area (Å²) < 4.78 is 9.45. The molecular weight excluding hydrogens is 737 g/mol. The molecule has 5 aromatic rings. The van der Waals surface area contributed by atoms with Crippen LogP contribution in [0.3, 0.4) is 0 Å². The molecule has 14 heteroatoms. The van der Waals surface area contributed by atoms with Crippen LogP contribution in [0.1, 0.15) is 84.5 Å². The lowest BCUT2D eigenvalue weighted by Crippen LogP contribution is -2.54. The van der Waals surface area contributed by atoms with E-state index >= 15 is 0 Å². The Bertz CT molecular complexity index is 2250. The smallest absolute Gasteiger partial charge is 0.407 e. The lowest BCUT2D eigenvalue weighted by Gasteiger charge is -2.37. The standard InChI is InChI=1S/C44H54N8O6/c1-9-36(52(26(4)5)42(54)38(25(2)3)50-44(56)58-8)39-45-24-35(49-39)33-19-18-31-21-30(16-17-32(31)22-33)28-12-14-29(15-13-28)34-23-46-40(48-34)37-11-10-20-51(37)41(53)27(6)47-43(55)57-7/h12-19,21-27,36-38H,9-11,20H2,1-8H3,(H,45,49)(H,46,48)(H,47,55)(H,50,56)/t27-,36-,37-,38-/m0/s1. The summed E-state index contributed by atoms with van der Waals surface area (Å²) in [5.41, 5.74) is 5.82. The predicted molar refractivity (Wildman–Crippen MR) is 222 cm³/mol. The lowest BCUT2D eigenvalue weighted by molar-refractivity contribution is -0.139. The van der Waals surface area contributed by atoms with Gasteiger partial charge in [0.15, 0.2) is 0 Å². The van der Waals surface area contributed by atoms with E-state index in [1.165, 1.54) is 14.2 Å². The van der Waals surface area contributed by atoms with Crippen molar-refractivity contribution in [3.63, 3.8) is 0 Å². The van der Waals surface area contributed by atoms with Gasteiger partial charge in [-0.2, -0.15) is 0 Å². The highest BCUT2D eigenvalue weighted by molar-refractivity contribution is 5.91. The Morgan fingerprint density at radius 1 is 0.793 bits per heavy atom. The van der Waals surface area contributed by atoms with Crippen LogP contribution in [-0.2, 0) is 19.1 Å². The van der Waals surface area contributed by atoms with E-state index in [9.17, 15) is 19.2 Å². The van der Waals surface area contributed by atoms with Crippen LogP contribution < -0.4 is 10.6 Å². The second-order valence-electron chi connectivity index (χ2n) is 15.4. The van der Waals surface area contributed by atoms with Crippen molar-refractivity contribution in [2.24, 2.45) is 5.92 Å². The van der Waals surface area contributed by atoms with Crippen LogP contribution in [-0.4, -0.2) is 92.6 Å². The molecule has 0 saturated carbocycles. The van der Waals surface area contributed by atoms with E-state index in [0.29, 0.717) is 18.8 Å². The molecule has 1 saturated heterocycles. The number of benzene rings is 3. The average Bonchev–Trinajstić information content (AvgIpc) is 4.02. The molecular formula is C44H54N8O6. The van der Waals surface area contributed by atoms with Crippen molar-refractivity contribution in [3.8, 4) is 33.6 Å². The number of carbonyl (C=O) groups excluding carboxylic acids is 4. The van der Waals surface area contributed by atoms with Crippen molar-refractivity contribution in [1.82, 2.24) is 40.4 Å². The summed E-state index contributed by atoms with van der Waals surface area (Å²) >= 11 is 0. The fraction of sp³-hybridized carbons (Fsp3) is 0.409. The maximum atomic E-state index is 13.9. The van der Waals surface area contributed by atoms with Crippen LogP contribution >= 0.6 is 0 Å². The van der Waals surface area contributed by atoms with Crippen LogP contribution in [0.4, 0.5) is 9.59 Å². The van der Waals surface area contributed by atoms with Crippen molar-refractivity contribution in [1.29, 1.82) is 0 Å². The number of hydrogen-bond acceptors (Lipinski definition) is 8. The minimum absolute atomic E-state index is 0.142. The van der Waals surface area contributed by atoms with Gasteiger partial charge in [-0.3, -0.25) is 9.59 Å². The molecule has 0 bridgehead atoms. The Hall–Kier alpha value is -6.18. The number of aromatic amines is 2. The SMILES string of the molecule is CC[C@@H](c1ncc(-c2ccc3cc(-c4ccc(-c5cnc([C@@H]6CCCN6C(=O)[C@H](C)NC(=O)OC)[nH]5)cc4)ccc3c2)[nH]1)N(C(=O)[C@@H](NC(=O)OC)C(C)C)C(C)C. The molecule has 1 fully saturated rings. The van der Waals surface area contributed by atoms with Crippen molar-refractivity contribution in [2.75, 3.05) is 20.8 Å². The fourth-order valence-electron chi connectivity index (χ4n) is 7.75. The van der Waals surface area contributed by atoms with Gasteiger partial charge >= 0.3 is 12.2 Å². The van der Waals surface area contributed by atoms with Gasteiger partial charge in [-0.25, -0.2) is 19.6 Å². The number of hydrogen-bond donors (Lipinski definition) is 4. The minimum atomic E-state index is -0.742. The topological polar surface area (TPSA) is 175 Å². The molecule has 0 unspecified atom stereocenters. The number of aromatic nitrogens is 4. The van der Waals surface area contributed by atoms with Gasteiger partial charge in [-0.05, 0) is 85.5 Å². The predicted octanol–water partition coefficient (Wildman–Crippen LogP) is 7.76. The molecule has 306 valence electrons. The number of nitrogens with zero attached hydrogens (tertiary/aromatic N) is 4. The monoisotopic (exact) mass is 790 g/mol. The van der Waals surface area contributed by atoms with Gasteiger partial charge in [0.25, 0.3) is 0 Å². The maximum Gasteiger partial charge on any atom is 0.407 e. The number of likely N-dealkylation sites (tertiary alicyclic amines) is 1. The first-order valence-corrected chi connectivity index (χ1v) is 19.9. The highest BCUT2D eigenvalue weighted by atomic mass is 16.5. The zero-order valence-corrected chi connectivity index (χ0v) is 34.5. The Labute approximate surface area is 339 Å². The van der Waals surface area contributed by atoms with Gasteiger partial charge in [0, 0.05) is 18.2 Å². The number of nitrogens with one attached hydrogen (secondary N) is 4. The quantitative estimate of drug-likeness (QED) is 0.0936. The van der Waals surface area contributed by atoms with E-state index in [2.05, 4.69) is 91.0 Å². The molecule has 0 aliphatic carbocycles. The number of alkyl carbamates (subject to hydrolysis) is 2. The van der Waals surface area contributed by atoms with Gasteiger partial charge in [-0.1, -0.05) is 69.3 Å². The molecule has 14 nitrogen and oxygen atoms in total. The number of carbonyl (C=O) groups is 4. The number of H-pyrrole nitrogens is 2. The summed E-state index contributed by atoms with van der Waals surface area (Å²) in [6, 6.07) is 18.9. The lowest BCUT2D eigenvalue weighted by atomic mass is 9.98. The first-order valence-electron chi connectivity index (χ1n) is 19.9. The minimum Gasteiger partial charge on any atom is -0.453 e. The van der Waals surface area contributed by atoms with E-state index in [4.69, 9.17) is 9.72 Å². The first kappa shape index (κ1) is 41.5. The number of rotatable bonds is 13. The van der Waals surface area contributed by atoms with Gasteiger partial charge in [0.05, 0.1) is 50.1 Å². The molecule has 3 heterocycles. The van der Waals surface area contributed by atoms with Gasteiger partial charge in [0.2, 0.25) is 11.8 Å². The van der Waals surface area contributed by atoms with Crippen LogP contribution in [0.15, 0.2) is 73.1 Å². The van der Waals surface area contributed by atoms with Crippen LogP contribution in [0.2, 0.25) is 0 Å². The zero-order chi connectivity index (χ0) is 41.7. The van der Waals surface area contributed by atoms with Gasteiger partial charge < -0.3 is 39.9 Å². The maximum absolute atomic E-state index is 13.9. The highest BCUT2D eigenvalue weighted by Crippen LogP contribution is 2.34. The largest absolute Gasteiger partial charge is 0.453 e. The molecule has 1 aliphatic heterocycles. The van der Waals surface area contributed by atoms with E-state index in [1.807, 2.05) is 40.8 Å². The third kappa shape index (κ3) is 8.85. The summed E-state index contributed by atoms with van der Waals surface area (Å²) in [4.78, 5) is 70.7. The van der Waals surface area contributed by atoms with Crippen LogP contribution in [0, 0.1) is 5.92 Å². The van der Waals surface area contributed by atoms with E-state index < -0.39 is 24.3 Å². The van der Waals surface area contributed by atoms with E-state index in [-0.39, 0.29) is 35.9 Å². The first-order chi connectivity index (χ1) is 27.8. The molecule has 3 aromatic carbocycles. The molecule has 4 amide bonds. The number of methoxy groups -OCH3 is 2. The number of fused-ring (bicyclic) bond motifs is 1. The van der Waals surface area contributed by atoms with Crippen LogP contribution in [0.5, 0.6) is 0 Å². The molecule has 0 radical (unpaired) electrons. The zero-order valence-electron chi connectivity index (χ0n) is 34.5. The summed E-state index contributed by atoms with van der Waals surface area (Å²) in [6.45, 7) is 12.0. The third-order valence-corrected chi connectivity index (χ3v) is 10.9. The Balaban J connectivity index is 1.15. The molecule has 0 spiro atoms. The normalized spacial score (nSPS) is 15.6. The molecule has 4 N–H and O–H groups in total. The summed E-state index contributed by atoms with van der Waals surface area (Å²) in [5.74, 6) is 0.901. The molecule has 1 aliphatic rings. The Morgan fingerprint density at radius 3 is 2.02 bits per heavy atom. The third-order valence-electron chi connectivity index (χ3n) is 10.9. The van der Waals surface area contributed by atoms with Crippen molar-refractivity contribution in [3.05, 3.63) is 84.7 Å². The van der Waals surface area contributed by atoms with Gasteiger partial charge in [0.1, 0.15) is 23.7 Å². The van der Waals surface area contributed by atoms with Gasteiger partial charge in [-0.15, -0.1) is 0 Å². The van der Waals surface area contributed by atoms with E-state index in [1.54, 1.807) is 22.9 Å². The van der Waals surface area contributed by atoms with Crippen molar-refractivity contribution >= 4 is 34.8 Å². The highest BCUT2D eigenvalue weighted by Gasteiger charge is 2.36. The Morgan fingerprint density at radius 2 is 1.38 bits per heavy atom. The average molecular weight is 791 g/mol.